The van der Waals surface area contributed by atoms with Gasteiger partial charge in [-0.15, -0.1) is 0 Å². The van der Waals surface area contributed by atoms with Crippen LogP contribution in [0, 0.1) is 17.3 Å². The van der Waals surface area contributed by atoms with Crippen LogP contribution in [0.2, 0.25) is 0 Å². The largest absolute Gasteiger partial charge is 0.394 e. The molecule has 0 spiro atoms. The van der Waals surface area contributed by atoms with Crippen LogP contribution in [-0.4, -0.2) is 30.0 Å². The Balaban J connectivity index is 2.55. The summed E-state index contributed by atoms with van der Waals surface area (Å²) >= 11 is 0. The van der Waals surface area contributed by atoms with Crippen LogP contribution in [0.25, 0.3) is 0 Å². The zero-order valence-corrected chi connectivity index (χ0v) is 13.4. The van der Waals surface area contributed by atoms with Crippen LogP contribution in [0.1, 0.15) is 60.3 Å². The Morgan fingerprint density at radius 1 is 1.32 bits per heavy atom. The van der Waals surface area contributed by atoms with Crippen LogP contribution in [-0.2, 0) is 4.74 Å². The molecule has 0 amide bonds. The third-order valence-corrected chi connectivity index (χ3v) is 4.11. The number of aliphatic hydroxyl groups excluding tert-OH is 1. The zero-order chi connectivity index (χ0) is 14.6. The summed E-state index contributed by atoms with van der Waals surface area (Å²) in [7, 11) is 0. The molecular weight excluding hydrogens is 238 g/mol. The third kappa shape index (κ3) is 5.80. The Morgan fingerprint density at radius 2 is 1.95 bits per heavy atom. The average Bonchev–Trinajstić information content (AvgIpc) is 2.21. The van der Waals surface area contributed by atoms with Crippen molar-refractivity contribution in [1.29, 1.82) is 0 Å². The number of hydrogen-bond donors (Lipinski definition) is 2. The molecule has 114 valence electrons. The standard InChI is InChI=1S/C16H33NO2/c1-11(2)6-14(17)15(10-18)19-13-7-12(3)8-16(4,5)9-13/h11-15,18H,6-10,17H2,1-5H3. The van der Waals surface area contributed by atoms with Gasteiger partial charge < -0.3 is 15.6 Å². The highest BCUT2D eigenvalue weighted by Gasteiger charge is 2.34. The minimum Gasteiger partial charge on any atom is -0.394 e. The summed E-state index contributed by atoms with van der Waals surface area (Å²) in [5, 5.41) is 9.53. The van der Waals surface area contributed by atoms with E-state index >= 15 is 0 Å². The van der Waals surface area contributed by atoms with Crippen LogP contribution < -0.4 is 5.73 Å². The lowest BCUT2D eigenvalue weighted by Crippen LogP contribution is -2.44. The van der Waals surface area contributed by atoms with Gasteiger partial charge in [-0.25, -0.2) is 0 Å². The minimum atomic E-state index is -0.214. The highest BCUT2D eigenvalue weighted by molar-refractivity contribution is 4.85. The van der Waals surface area contributed by atoms with Gasteiger partial charge in [0.1, 0.15) is 0 Å². The predicted molar refractivity (Wildman–Crippen MR) is 80.0 cm³/mol. The van der Waals surface area contributed by atoms with E-state index in [4.69, 9.17) is 10.5 Å². The van der Waals surface area contributed by atoms with Gasteiger partial charge in [-0.3, -0.25) is 0 Å². The van der Waals surface area contributed by atoms with E-state index in [0.717, 1.165) is 19.3 Å². The molecule has 1 rings (SSSR count). The second kappa shape index (κ2) is 7.05. The van der Waals surface area contributed by atoms with Gasteiger partial charge >= 0.3 is 0 Å². The maximum absolute atomic E-state index is 9.53. The minimum absolute atomic E-state index is 0.0270. The van der Waals surface area contributed by atoms with Gasteiger partial charge in [0.05, 0.1) is 18.8 Å². The molecule has 0 aromatic heterocycles. The molecule has 3 nitrogen and oxygen atoms in total. The first kappa shape index (κ1) is 16.9. The van der Waals surface area contributed by atoms with Crippen molar-refractivity contribution in [3.8, 4) is 0 Å². The molecule has 1 saturated carbocycles. The number of rotatable bonds is 6. The van der Waals surface area contributed by atoms with Crippen molar-refractivity contribution in [3.63, 3.8) is 0 Å². The molecule has 1 aliphatic rings. The van der Waals surface area contributed by atoms with Gasteiger partial charge in [-0.2, -0.15) is 0 Å². The Labute approximate surface area is 118 Å². The van der Waals surface area contributed by atoms with E-state index in [1.54, 1.807) is 0 Å². The molecule has 3 N–H and O–H groups in total. The quantitative estimate of drug-likeness (QED) is 0.781. The fraction of sp³-hybridized carbons (Fsp3) is 1.00. The van der Waals surface area contributed by atoms with E-state index in [1.165, 1.54) is 6.42 Å². The van der Waals surface area contributed by atoms with E-state index < -0.39 is 0 Å². The molecule has 0 aliphatic heterocycles. The van der Waals surface area contributed by atoms with Crippen LogP contribution in [0.5, 0.6) is 0 Å². The number of aliphatic hydroxyl groups is 1. The SMILES string of the molecule is CC(C)CC(N)C(CO)OC1CC(C)CC(C)(C)C1. The molecule has 4 unspecified atom stereocenters. The highest BCUT2D eigenvalue weighted by Crippen LogP contribution is 2.40. The predicted octanol–water partition coefficient (Wildman–Crippen LogP) is 2.95. The van der Waals surface area contributed by atoms with Crippen molar-refractivity contribution in [2.24, 2.45) is 23.0 Å². The second-order valence-corrected chi connectivity index (χ2v) is 7.69. The molecular formula is C16H33NO2. The van der Waals surface area contributed by atoms with Crippen LogP contribution in [0.3, 0.4) is 0 Å². The third-order valence-electron chi connectivity index (χ3n) is 4.11. The van der Waals surface area contributed by atoms with E-state index in [2.05, 4.69) is 34.6 Å². The molecule has 0 aromatic carbocycles. The normalized spacial score (nSPS) is 30.3. The summed E-state index contributed by atoms with van der Waals surface area (Å²) in [5.74, 6) is 1.23. The van der Waals surface area contributed by atoms with Crippen molar-refractivity contribution in [2.45, 2.75) is 78.6 Å². The van der Waals surface area contributed by atoms with Crippen molar-refractivity contribution in [1.82, 2.24) is 0 Å². The monoisotopic (exact) mass is 271 g/mol. The summed E-state index contributed by atoms with van der Waals surface area (Å²) in [6.07, 6.45) is 4.35. The molecule has 19 heavy (non-hydrogen) atoms. The molecule has 0 radical (unpaired) electrons. The van der Waals surface area contributed by atoms with Crippen molar-refractivity contribution in [2.75, 3.05) is 6.61 Å². The zero-order valence-electron chi connectivity index (χ0n) is 13.4. The number of ether oxygens (including phenoxy) is 1. The van der Waals surface area contributed by atoms with Gasteiger partial charge in [-0.05, 0) is 42.9 Å². The van der Waals surface area contributed by atoms with Gasteiger partial charge in [-0.1, -0.05) is 34.6 Å². The summed E-state index contributed by atoms with van der Waals surface area (Å²) < 4.78 is 6.13. The fourth-order valence-corrected chi connectivity index (χ4v) is 3.58. The number of hydrogen-bond acceptors (Lipinski definition) is 3. The van der Waals surface area contributed by atoms with Gasteiger partial charge in [0.2, 0.25) is 0 Å². The Hall–Kier alpha value is -0.120. The van der Waals surface area contributed by atoms with E-state index in [9.17, 15) is 5.11 Å². The first-order valence-electron chi connectivity index (χ1n) is 7.75. The average molecular weight is 271 g/mol. The first-order valence-corrected chi connectivity index (χ1v) is 7.75. The second-order valence-electron chi connectivity index (χ2n) is 7.69. The Kier molecular flexibility index (Phi) is 6.28. The van der Waals surface area contributed by atoms with Gasteiger partial charge in [0, 0.05) is 6.04 Å². The molecule has 0 bridgehead atoms. The van der Waals surface area contributed by atoms with Crippen molar-refractivity contribution in [3.05, 3.63) is 0 Å². The molecule has 3 heteroatoms. The van der Waals surface area contributed by atoms with Crippen LogP contribution >= 0.6 is 0 Å². The summed E-state index contributed by atoms with van der Waals surface area (Å²) in [4.78, 5) is 0. The lowest BCUT2D eigenvalue weighted by Gasteiger charge is -2.40. The molecule has 0 heterocycles. The van der Waals surface area contributed by atoms with E-state index in [0.29, 0.717) is 17.3 Å². The Bertz CT molecular complexity index is 265. The maximum Gasteiger partial charge on any atom is 0.0959 e. The maximum atomic E-state index is 9.53. The molecule has 1 aliphatic carbocycles. The van der Waals surface area contributed by atoms with E-state index in [-0.39, 0.29) is 24.9 Å². The summed E-state index contributed by atoms with van der Waals surface area (Å²) in [5.41, 5.74) is 6.50. The molecule has 0 saturated heterocycles. The summed E-state index contributed by atoms with van der Waals surface area (Å²) in [6, 6.07) is -0.0645. The first-order chi connectivity index (χ1) is 8.73. The molecule has 1 fully saturated rings. The molecule has 4 atom stereocenters. The van der Waals surface area contributed by atoms with E-state index in [1.807, 2.05) is 0 Å². The Morgan fingerprint density at radius 3 is 2.42 bits per heavy atom. The smallest absolute Gasteiger partial charge is 0.0959 e. The lowest BCUT2D eigenvalue weighted by molar-refractivity contribution is -0.0918. The summed E-state index contributed by atoms with van der Waals surface area (Å²) in [6.45, 7) is 11.2. The topological polar surface area (TPSA) is 55.5 Å². The number of nitrogens with two attached hydrogens (primary N) is 1. The molecule has 0 aromatic rings. The van der Waals surface area contributed by atoms with Crippen LogP contribution in [0.4, 0.5) is 0 Å². The van der Waals surface area contributed by atoms with Crippen molar-refractivity contribution < 1.29 is 9.84 Å². The van der Waals surface area contributed by atoms with Gasteiger partial charge in [0.25, 0.3) is 0 Å². The van der Waals surface area contributed by atoms with Crippen molar-refractivity contribution >= 4 is 0 Å². The van der Waals surface area contributed by atoms with Crippen LogP contribution in [0.15, 0.2) is 0 Å². The lowest BCUT2D eigenvalue weighted by atomic mass is 9.71. The highest BCUT2D eigenvalue weighted by atomic mass is 16.5. The fourth-order valence-electron chi connectivity index (χ4n) is 3.58. The van der Waals surface area contributed by atoms with Gasteiger partial charge in [0.15, 0.2) is 0 Å².